The highest BCUT2D eigenvalue weighted by molar-refractivity contribution is 7.54. The zero-order chi connectivity index (χ0) is 15.9. The normalized spacial score (nSPS) is 15.1. The lowest BCUT2D eigenvalue weighted by Crippen LogP contribution is -2.17. The van der Waals surface area contributed by atoms with Crippen molar-refractivity contribution in [3.63, 3.8) is 0 Å². The molecule has 1 aromatic rings. The molecule has 1 aromatic carbocycles. The summed E-state index contributed by atoms with van der Waals surface area (Å²) in [5, 5.41) is 0. The van der Waals surface area contributed by atoms with Crippen molar-refractivity contribution in [1.82, 2.24) is 0 Å². The second-order valence-electron chi connectivity index (χ2n) is 5.72. The van der Waals surface area contributed by atoms with E-state index in [1.165, 1.54) is 5.56 Å². The highest BCUT2D eigenvalue weighted by atomic mass is 31.2. The summed E-state index contributed by atoms with van der Waals surface area (Å²) in [5.41, 5.74) is 1.18. The van der Waals surface area contributed by atoms with Gasteiger partial charge in [-0.2, -0.15) is 0 Å². The zero-order valence-electron chi connectivity index (χ0n) is 13.9. The first-order valence-electron chi connectivity index (χ1n) is 7.88. The topological polar surface area (TPSA) is 35.5 Å². The average Bonchev–Trinajstić information content (AvgIpc) is 2.45. The highest BCUT2D eigenvalue weighted by Crippen LogP contribution is 2.55. The fraction of sp³-hybridized carbons (Fsp3) is 0.647. The molecule has 0 amide bonds. The van der Waals surface area contributed by atoms with Crippen molar-refractivity contribution < 1.29 is 13.6 Å². The van der Waals surface area contributed by atoms with Crippen LogP contribution in [-0.4, -0.2) is 18.9 Å². The van der Waals surface area contributed by atoms with Gasteiger partial charge in [0.2, 0.25) is 0 Å². The maximum Gasteiger partial charge on any atom is 0.333 e. The van der Waals surface area contributed by atoms with Gasteiger partial charge in [-0.05, 0) is 37.7 Å². The Morgan fingerprint density at radius 1 is 1.00 bits per heavy atom. The van der Waals surface area contributed by atoms with Crippen LogP contribution < -0.4 is 0 Å². The Morgan fingerprint density at radius 3 is 1.95 bits per heavy atom. The van der Waals surface area contributed by atoms with Crippen molar-refractivity contribution in [2.45, 2.75) is 52.6 Å². The van der Waals surface area contributed by atoms with E-state index in [-0.39, 0.29) is 5.66 Å². The summed E-state index contributed by atoms with van der Waals surface area (Å²) < 4.78 is 23.8. The molecule has 4 heteroatoms. The molecular formula is C17H29O3P. The lowest BCUT2D eigenvalue weighted by molar-refractivity contribution is 0.210. The predicted molar refractivity (Wildman–Crippen MR) is 89.0 cm³/mol. The molecule has 0 N–H and O–H groups in total. The largest absolute Gasteiger partial charge is 0.333 e. The molecule has 2 atom stereocenters. The van der Waals surface area contributed by atoms with Crippen LogP contribution in [0.15, 0.2) is 30.3 Å². The van der Waals surface area contributed by atoms with Crippen LogP contribution >= 0.6 is 7.60 Å². The average molecular weight is 312 g/mol. The van der Waals surface area contributed by atoms with Gasteiger partial charge in [0.05, 0.1) is 18.9 Å². The van der Waals surface area contributed by atoms with Crippen LogP contribution in [0.2, 0.25) is 0 Å². The predicted octanol–water partition coefficient (Wildman–Crippen LogP) is 5.47. The second-order valence-corrected chi connectivity index (χ2v) is 8.20. The minimum atomic E-state index is -3.02. The van der Waals surface area contributed by atoms with Gasteiger partial charge >= 0.3 is 7.60 Å². The molecule has 0 saturated heterocycles. The van der Waals surface area contributed by atoms with Gasteiger partial charge < -0.3 is 9.05 Å². The van der Waals surface area contributed by atoms with Gasteiger partial charge in [-0.1, -0.05) is 51.1 Å². The molecule has 0 aliphatic rings. The molecule has 0 radical (unpaired) electrons. The van der Waals surface area contributed by atoms with Crippen LogP contribution in [0, 0.1) is 5.92 Å². The van der Waals surface area contributed by atoms with Crippen LogP contribution in [0.25, 0.3) is 0 Å². The van der Waals surface area contributed by atoms with Crippen molar-refractivity contribution in [3.8, 4) is 0 Å². The maximum absolute atomic E-state index is 12.9. The molecule has 0 heterocycles. The molecule has 120 valence electrons. The Kier molecular flexibility index (Phi) is 7.65. The fourth-order valence-electron chi connectivity index (χ4n) is 2.64. The molecule has 21 heavy (non-hydrogen) atoms. The second kappa shape index (κ2) is 8.73. The maximum atomic E-state index is 12.9. The summed E-state index contributed by atoms with van der Waals surface area (Å²) in [6.07, 6.45) is 0.805. The molecule has 0 aromatic heterocycles. The van der Waals surface area contributed by atoms with Gasteiger partial charge in [0.1, 0.15) is 0 Å². The van der Waals surface area contributed by atoms with E-state index in [2.05, 4.69) is 38.1 Å². The zero-order valence-corrected chi connectivity index (χ0v) is 14.8. The van der Waals surface area contributed by atoms with E-state index >= 15 is 0 Å². The van der Waals surface area contributed by atoms with Gasteiger partial charge in [-0.3, -0.25) is 4.57 Å². The number of benzene rings is 1. The third kappa shape index (κ3) is 5.25. The molecule has 0 saturated carbocycles. The Hall–Kier alpha value is -0.630. The summed E-state index contributed by atoms with van der Waals surface area (Å²) >= 11 is 0. The smallest absolute Gasteiger partial charge is 0.309 e. The minimum Gasteiger partial charge on any atom is -0.309 e. The molecule has 0 aliphatic carbocycles. The van der Waals surface area contributed by atoms with E-state index in [0.29, 0.717) is 25.0 Å². The molecule has 1 rings (SSSR count). The Morgan fingerprint density at radius 2 is 1.52 bits per heavy atom. The van der Waals surface area contributed by atoms with Crippen molar-refractivity contribution in [2.75, 3.05) is 13.2 Å². The standard InChI is InChI=1S/C17H29O3P/c1-6-19-21(18,20-7-2)15(5)13-17(14(3)4)16-11-9-8-10-12-16/h8-12,14-15,17H,6-7,13H2,1-5H3. The summed E-state index contributed by atoms with van der Waals surface area (Å²) in [6.45, 7) is 10.9. The third-order valence-corrected chi connectivity index (χ3v) is 6.31. The van der Waals surface area contributed by atoms with Crippen molar-refractivity contribution in [2.24, 2.45) is 5.92 Å². The van der Waals surface area contributed by atoms with E-state index in [9.17, 15) is 4.57 Å². The van der Waals surface area contributed by atoms with E-state index in [0.717, 1.165) is 6.42 Å². The first kappa shape index (κ1) is 18.4. The third-order valence-electron chi connectivity index (χ3n) is 3.79. The van der Waals surface area contributed by atoms with Gasteiger partial charge in [-0.15, -0.1) is 0 Å². The van der Waals surface area contributed by atoms with Gasteiger partial charge in [0, 0.05) is 0 Å². The monoisotopic (exact) mass is 312 g/mol. The number of rotatable bonds is 9. The van der Waals surface area contributed by atoms with E-state index in [4.69, 9.17) is 9.05 Å². The fourth-order valence-corrected chi connectivity index (χ4v) is 4.43. The number of hydrogen-bond acceptors (Lipinski definition) is 3. The van der Waals surface area contributed by atoms with Crippen LogP contribution in [0.3, 0.4) is 0 Å². The summed E-state index contributed by atoms with van der Waals surface area (Å²) in [5.74, 6) is 0.835. The van der Waals surface area contributed by atoms with Crippen molar-refractivity contribution in [1.29, 1.82) is 0 Å². The Labute approximate surface area is 129 Å². The van der Waals surface area contributed by atoms with Crippen LogP contribution in [0.4, 0.5) is 0 Å². The van der Waals surface area contributed by atoms with Crippen LogP contribution in [0.5, 0.6) is 0 Å². The first-order valence-corrected chi connectivity index (χ1v) is 9.49. The first-order chi connectivity index (χ1) is 9.94. The quantitative estimate of drug-likeness (QED) is 0.567. The summed E-state index contributed by atoms with van der Waals surface area (Å²) in [7, 11) is -3.02. The van der Waals surface area contributed by atoms with E-state index in [1.54, 1.807) is 0 Å². The lowest BCUT2D eigenvalue weighted by Gasteiger charge is -2.29. The highest BCUT2D eigenvalue weighted by Gasteiger charge is 2.34. The van der Waals surface area contributed by atoms with Crippen LogP contribution in [0.1, 0.15) is 52.5 Å². The lowest BCUT2D eigenvalue weighted by atomic mass is 9.85. The molecule has 0 fully saturated rings. The number of hydrogen-bond donors (Lipinski definition) is 0. The van der Waals surface area contributed by atoms with Gasteiger partial charge in [0.25, 0.3) is 0 Å². The molecular weight excluding hydrogens is 283 g/mol. The summed E-state index contributed by atoms with van der Waals surface area (Å²) in [6, 6.07) is 10.4. The van der Waals surface area contributed by atoms with E-state index in [1.807, 2.05) is 26.8 Å². The molecule has 0 aliphatic heterocycles. The van der Waals surface area contributed by atoms with Crippen LogP contribution in [-0.2, 0) is 13.6 Å². The van der Waals surface area contributed by atoms with Crippen molar-refractivity contribution in [3.05, 3.63) is 35.9 Å². The van der Waals surface area contributed by atoms with E-state index < -0.39 is 7.60 Å². The minimum absolute atomic E-state index is 0.106. The van der Waals surface area contributed by atoms with Crippen molar-refractivity contribution >= 4 is 7.60 Å². The molecule has 3 nitrogen and oxygen atoms in total. The molecule has 2 unspecified atom stereocenters. The Balaban J connectivity index is 2.90. The van der Waals surface area contributed by atoms with Gasteiger partial charge in [-0.25, -0.2) is 0 Å². The SMILES string of the molecule is CCOP(=O)(OCC)C(C)CC(c1ccccc1)C(C)C. The summed E-state index contributed by atoms with van der Waals surface area (Å²) in [4.78, 5) is 0. The Bertz CT molecular complexity index is 435. The molecule has 0 spiro atoms. The molecule has 0 bridgehead atoms. The van der Waals surface area contributed by atoms with Gasteiger partial charge in [0.15, 0.2) is 0 Å².